The summed E-state index contributed by atoms with van der Waals surface area (Å²) in [6.45, 7) is 16.0. The fraction of sp³-hybridized carbons (Fsp3) is 0.375. The Morgan fingerprint density at radius 2 is 1.66 bits per heavy atom. The Hall–Kier alpha value is -2.60. The molecule has 0 nitrogen and oxygen atoms in total. The number of benzene rings is 2. The van der Waals surface area contributed by atoms with Crippen molar-refractivity contribution in [3.8, 4) is 0 Å². The van der Waals surface area contributed by atoms with Crippen molar-refractivity contribution >= 4 is 5.57 Å². The molecule has 0 fully saturated rings. The zero-order chi connectivity index (χ0) is 22.7. The molecule has 0 saturated carbocycles. The van der Waals surface area contributed by atoms with Gasteiger partial charge in [-0.25, -0.2) is 0 Å². The van der Waals surface area contributed by atoms with Crippen molar-refractivity contribution in [1.82, 2.24) is 0 Å². The molecular weight excluding hydrogens is 384 g/mol. The van der Waals surface area contributed by atoms with Crippen LogP contribution in [-0.4, -0.2) is 0 Å². The molecule has 2 aromatic carbocycles. The molecule has 2 aliphatic carbocycles. The fourth-order valence-corrected chi connectivity index (χ4v) is 5.79. The van der Waals surface area contributed by atoms with Crippen LogP contribution in [0.3, 0.4) is 0 Å². The molecule has 0 bridgehead atoms. The largest absolute Gasteiger partial charge is 0.0992 e. The predicted molar refractivity (Wildman–Crippen MR) is 140 cm³/mol. The number of fused-ring (bicyclic) bond motifs is 1. The van der Waals surface area contributed by atoms with Crippen LogP contribution in [-0.2, 0) is 19.3 Å². The SMILES string of the molecule is C=C(CC1=C(C(=C)CCC)C(c2ccc3c(c2C)CCCC3)=C(C)C1)Cc1ccccc1. The molecule has 0 spiro atoms. The third-order valence-corrected chi connectivity index (χ3v) is 7.26. The van der Waals surface area contributed by atoms with Gasteiger partial charge in [0.05, 0.1) is 0 Å². The lowest BCUT2D eigenvalue weighted by molar-refractivity contribution is 0.681. The van der Waals surface area contributed by atoms with E-state index in [2.05, 4.69) is 76.4 Å². The highest BCUT2D eigenvalue weighted by Gasteiger charge is 2.27. The van der Waals surface area contributed by atoms with E-state index in [4.69, 9.17) is 0 Å². The first kappa shape index (κ1) is 22.6. The predicted octanol–water partition coefficient (Wildman–Crippen LogP) is 8.89. The average molecular weight is 423 g/mol. The molecule has 4 rings (SSSR count). The van der Waals surface area contributed by atoms with Gasteiger partial charge in [-0.2, -0.15) is 0 Å². The maximum atomic E-state index is 4.57. The first-order valence-corrected chi connectivity index (χ1v) is 12.4. The van der Waals surface area contributed by atoms with Gasteiger partial charge >= 0.3 is 0 Å². The lowest BCUT2D eigenvalue weighted by atomic mass is 9.81. The average Bonchev–Trinajstić information content (AvgIpc) is 3.10. The van der Waals surface area contributed by atoms with Gasteiger partial charge in [-0.05, 0) is 110 Å². The van der Waals surface area contributed by atoms with Crippen LogP contribution in [0.5, 0.6) is 0 Å². The molecule has 0 atom stereocenters. The van der Waals surface area contributed by atoms with E-state index in [1.165, 1.54) is 75.8 Å². The highest BCUT2D eigenvalue weighted by Crippen LogP contribution is 2.46. The second-order valence-corrected chi connectivity index (χ2v) is 9.84. The molecule has 0 aliphatic heterocycles. The smallest absolute Gasteiger partial charge is 0.00666 e. The van der Waals surface area contributed by atoms with Crippen LogP contribution in [0, 0.1) is 6.92 Å². The molecular formula is C32H38. The summed E-state index contributed by atoms with van der Waals surface area (Å²) in [4.78, 5) is 0. The van der Waals surface area contributed by atoms with Crippen LogP contribution in [0.1, 0.15) is 80.2 Å². The van der Waals surface area contributed by atoms with Gasteiger partial charge in [-0.3, -0.25) is 0 Å². The van der Waals surface area contributed by atoms with Gasteiger partial charge in [0.25, 0.3) is 0 Å². The van der Waals surface area contributed by atoms with Crippen molar-refractivity contribution in [3.63, 3.8) is 0 Å². The molecule has 166 valence electrons. The van der Waals surface area contributed by atoms with Gasteiger partial charge in [-0.1, -0.05) is 85.7 Å². The lowest BCUT2D eigenvalue weighted by Crippen LogP contribution is -2.07. The van der Waals surface area contributed by atoms with Crippen molar-refractivity contribution in [2.45, 2.75) is 78.6 Å². The normalized spacial score (nSPS) is 15.8. The first-order valence-electron chi connectivity index (χ1n) is 12.4. The third-order valence-electron chi connectivity index (χ3n) is 7.26. The summed E-state index contributed by atoms with van der Waals surface area (Å²) in [7, 11) is 0. The van der Waals surface area contributed by atoms with Gasteiger partial charge in [0.2, 0.25) is 0 Å². The number of hydrogen-bond acceptors (Lipinski definition) is 0. The highest BCUT2D eigenvalue weighted by molar-refractivity contribution is 5.91. The molecule has 2 aromatic rings. The monoisotopic (exact) mass is 422 g/mol. The minimum Gasteiger partial charge on any atom is -0.0992 e. The molecule has 0 radical (unpaired) electrons. The van der Waals surface area contributed by atoms with Gasteiger partial charge < -0.3 is 0 Å². The van der Waals surface area contributed by atoms with Crippen molar-refractivity contribution in [2.75, 3.05) is 0 Å². The number of hydrogen-bond donors (Lipinski definition) is 0. The molecule has 0 amide bonds. The summed E-state index contributed by atoms with van der Waals surface area (Å²) < 4.78 is 0. The van der Waals surface area contributed by atoms with Crippen molar-refractivity contribution in [3.05, 3.63) is 111 Å². The maximum absolute atomic E-state index is 4.57. The summed E-state index contributed by atoms with van der Waals surface area (Å²) in [5, 5.41) is 0. The Balaban J connectivity index is 1.70. The van der Waals surface area contributed by atoms with Gasteiger partial charge in [0.1, 0.15) is 0 Å². The van der Waals surface area contributed by atoms with Gasteiger partial charge in [0, 0.05) is 0 Å². The van der Waals surface area contributed by atoms with Crippen LogP contribution in [0.25, 0.3) is 5.57 Å². The zero-order valence-corrected chi connectivity index (χ0v) is 20.3. The van der Waals surface area contributed by atoms with E-state index in [0.717, 1.165) is 32.1 Å². The summed E-state index contributed by atoms with van der Waals surface area (Å²) in [5.74, 6) is 0. The van der Waals surface area contributed by atoms with Crippen LogP contribution >= 0.6 is 0 Å². The van der Waals surface area contributed by atoms with E-state index >= 15 is 0 Å². The molecule has 0 saturated heterocycles. The molecule has 0 aromatic heterocycles. The molecule has 0 heterocycles. The van der Waals surface area contributed by atoms with E-state index in [-0.39, 0.29) is 0 Å². The summed E-state index contributed by atoms with van der Waals surface area (Å²) in [5.41, 5.74) is 16.0. The minimum absolute atomic E-state index is 0.949. The molecule has 2 aliphatic rings. The standard InChI is InChI=1S/C32H38/c1-6-12-23(3)31-28(20-22(2)19-26-13-8-7-9-14-26)21-24(4)32(31)30-18-17-27-15-10-11-16-29(27)25(30)5/h7-9,13-14,17-18H,2-3,6,10-12,15-16,19-21H2,1,4-5H3. The van der Waals surface area contributed by atoms with Gasteiger partial charge in [-0.15, -0.1) is 0 Å². The Morgan fingerprint density at radius 3 is 2.41 bits per heavy atom. The number of rotatable bonds is 8. The minimum atomic E-state index is 0.949. The van der Waals surface area contributed by atoms with Crippen molar-refractivity contribution in [1.29, 1.82) is 0 Å². The van der Waals surface area contributed by atoms with Crippen LogP contribution in [0.2, 0.25) is 0 Å². The Kier molecular flexibility index (Phi) is 6.99. The van der Waals surface area contributed by atoms with E-state index in [0.29, 0.717) is 0 Å². The Bertz CT molecular complexity index is 1090. The van der Waals surface area contributed by atoms with Crippen molar-refractivity contribution in [2.24, 2.45) is 0 Å². The van der Waals surface area contributed by atoms with E-state index in [1.54, 1.807) is 11.1 Å². The highest BCUT2D eigenvalue weighted by atomic mass is 14.3. The topological polar surface area (TPSA) is 0 Å². The fourth-order valence-electron chi connectivity index (χ4n) is 5.79. The zero-order valence-electron chi connectivity index (χ0n) is 20.3. The second kappa shape index (κ2) is 9.90. The van der Waals surface area contributed by atoms with E-state index < -0.39 is 0 Å². The van der Waals surface area contributed by atoms with E-state index in [9.17, 15) is 0 Å². The van der Waals surface area contributed by atoms with Crippen LogP contribution in [0.4, 0.5) is 0 Å². The Morgan fingerprint density at radius 1 is 0.906 bits per heavy atom. The third kappa shape index (κ3) is 4.60. The molecule has 32 heavy (non-hydrogen) atoms. The summed E-state index contributed by atoms with van der Waals surface area (Å²) >= 11 is 0. The molecule has 0 unspecified atom stereocenters. The summed E-state index contributed by atoms with van der Waals surface area (Å²) in [6, 6.07) is 15.5. The van der Waals surface area contributed by atoms with Crippen LogP contribution in [0.15, 0.2) is 83.5 Å². The lowest BCUT2D eigenvalue weighted by Gasteiger charge is -2.23. The summed E-state index contributed by atoms with van der Waals surface area (Å²) in [6.07, 6.45) is 10.3. The maximum Gasteiger partial charge on any atom is -0.00666 e. The molecule has 0 N–H and O–H groups in total. The quantitative estimate of drug-likeness (QED) is 0.373. The number of allylic oxidation sites excluding steroid dienone is 6. The Labute approximate surface area is 195 Å². The van der Waals surface area contributed by atoms with Crippen molar-refractivity contribution < 1.29 is 0 Å². The van der Waals surface area contributed by atoms with Crippen LogP contribution < -0.4 is 0 Å². The molecule has 0 heteroatoms. The second-order valence-electron chi connectivity index (χ2n) is 9.84. The number of aryl methyl sites for hydroxylation is 1. The first-order chi connectivity index (χ1) is 15.5. The van der Waals surface area contributed by atoms with E-state index in [1.807, 2.05) is 0 Å². The van der Waals surface area contributed by atoms with Gasteiger partial charge in [0.15, 0.2) is 0 Å².